The normalized spacial score (nSPS) is 37.6. The molecule has 0 radical (unpaired) electrons. The molecule has 0 spiro atoms. The lowest BCUT2D eigenvalue weighted by molar-refractivity contribution is -0.146. The largest absolute Gasteiger partial charge is 0.481 e. The van der Waals surface area contributed by atoms with Crippen LogP contribution in [0.4, 0.5) is 0 Å². The molecule has 0 aliphatic heterocycles. The van der Waals surface area contributed by atoms with Gasteiger partial charge in [0, 0.05) is 6.04 Å². The van der Waals surface area contributed by atoms with E-state index in [0.717, 1.165) is 25.7 Å². The number of hydrogen-bond donors (Lipinski definition) is 3. The summed E-state index contributed by atoms with van der Waals surface area (Å²) >= 11 is 0. The smallest absolute Gasteiger partial charge is 0.307 e. The second-order valence-corrected chi connectivity index (χ2v) is 6.32. The zero-order chi connectivity index (χ0) is 14.7. The molecule has 0 saturated heterocycles. The number of aliphatic carboxylic acids is 1. The number of aliphatic hydroxyl groups excluding tert-OH is 1. The first kappa shape index (κ1) is 15.3. The van der Waals surface area contributed by atoms with Crippen LogP contribution in [0.5, 0.6) is 0 Å². The Morgan fingerprint density at radius 3 is 2.45 bits per heavy atom. The van der Waals surface area contributed by atoms with Gasteiger partial charge in [0.2, 0.25) is 5.91 Å². The molecule has 114 valence electrons. The van der Waals surface area contributed by atoms with Crippen molar-refractivity contribution in [2.45, 2.75) is 64.0 Å². The Morgan fingerprint density at radius 1 is 1.15 bits per heavy atom. The average molecular weight is 283 g/mol. The molecule has 1 amide bonds. The molecule has 3 N–H and O–H groups in total. The highest BCUT2D eigenvalue weighted by Crippen LogP contribution is 2.38. The van der Waals surface area contributed by atoms with Gasteiger partial charge in [-0.25, -0.2) is 0 Å². The van der Waals surface area contributed by atoms with Crippen LogP contribution in [-0.4, -0.2) is 34.2 Å². The zero-order valence-electron chi connectivity index (χ0n) is 12.0. The topological polar surface area (TPSA) is 86.6 Å². The number of amides is 1. The molecule has 0 bridgehead atoms. The van der Waals surface area contributed by atoms with Crippen LogP contribution in [0.25, 0.3) is 0 Å². The maximum atomic E-state index is 12.3. The second-order valence-electron chi connectivity index (χ2n) is 6.32. The summed E-state index contributed by atoms with van der Waals surface area (Å²) in [7, 11) is 0. The number of carbonyl (C=O) groups excluding carboxylic acids is 1. The van der Waals surface area contributed by atoms with E-state index in [1.807, 2.05) is 6.92 Å². The monoisotopic (exact) mass is 283 g/mol. The molecule has 20 heavy (non-hydrogen) atoms. The van der Waals surface area contributed by atoms with Gasteiger partial charge in [-0.1, -0.05) is 13.3 Å². The van der Waals surface area contributed by atoms with Crippen LogP contribution in [0.2, 0.25) is 0 Å². The minimum atomic E-state index is -0.857. The van der Waals surface area contributed by atoms with E-state index in [1.54, 1.807) is 0 Å². The maximum absolute atomic E-state index is 12.3. The number of carbonyl (C=O) groups is 2. The zero-order valence-corrected chi connectivity index (χ0v) is 12.0. The van der Waals surface area contributed by atoms with Crippen LogP contribution in [-0.2, 0) is 9.59 Å². The quantitative estimate of drug-likeness (QED) is 0.730. The molecule has 0 aromatic carbocycles. The molecule has 0 aromatic rings. The molecule has 5 heteroatoms. The lowest BCUT2D eigenvalue weighted by Gasteiger charge is -2.28. The van der Waals surface area contributed by atoms with E-state index in [2.05, 4.69) is 5.32 Å². The predicted molar refractivity (Wildman–Crippen MR) is 74.0 cm³/mol. The minimum absolute atomic E-state index is 0.00127. The maximum Gasteiger partial charge on any atom is 0.307 e. The number of carboxylic acid groups (broad SMARTS) is 1. The Balaban J connectivity index is 1.94. The van der Waals surface area contributed by atoms with Crippen LogP contribution in [0.3, 0.4) is 0 Å². The Labute approximate surface area is 119 Å². The average Bonchev–Trinajstić information content (AvgIpc) is 2.83. The summed E-state index contributed by atoms with van der Waals surface area (Å²) in [5, 5.41) is 21.9. The van der Waals surface area contributed by atoms with Gasteiger partial charge in [-0.3, -0.25) is 9.59 Å². The van der Waals surface area contributed by atoms with Gasteiger partial charge in [-0.15, -0.1) is 0 Å². The van der Waals surface area contributed by atoms with Crippen LogP contribution < -0.4 is 5.32 Å². The summed E-state index contributed by atoms with van der Waals surface area (Å²) in [6.45, 7) is 2.04. The number of nitrogens with one attached hydrogen (secondary N) is 1. The highest BCUT2D eigenvalue weighted by Gasteiger charge is 2.42. The van der Waals surface area contributed by atoms with Crippen molar-refractivity contribution in [3.8, 4) is 0 Å². The van der Waals surface area contributed by atoms with Gasteiger partial charge in [0.1, 0.15) is 0 Å². The molecular formula is C15H25NO4. The van der Waals surface area contributed by atoms with Crippen molar-refractivity contribution in [3.05, 3.63) is 0 Å². The van der Waals surface area contributed by atoms with E-state index in [1.165, 1.54) is 0 Å². The molecule has 0 heterocycles. The van der Waals surface area contributed by atoms with Crippen molar-refractivity contribution in [2.24, 2.45) is 17.8 Å². The molecular weight excluding hydrogens is 258 g/mol. The first-order valence-electron chi connectivity index (χ1n) is 7.72. The summed E-state index contributed by atoms with van der Waals surface area (Å²) < 4.78 is 0. The fourth-order valence-corrected chi connectivity index (χ4v) is 3.64. The third-order valence-corrected chi connectivity index (χ3v) is 4.88. The predicted octanol–water partition coefficient (Wildman–Crippen LogP) is 1.54. The van der Waals surface area contributed by atoms with E-state index in [0.29, 0.717) is 25.2 Å². The van der Waals surface area contributed by atoms with Crippen molar-refractivity contribution in [1.82, 2.24) is 5.32 Å². The van der Waals surface area contributed by atoms with E-state index < -0.39 is 17.8 Å². The molecule has 2 fully saturated rings. The molecule has 2 saturated carbocycles. The number of hydrogen-bond acceptors (Lipinski definition) is 3. The highest BCUT2D eigenvalue weighted by molar-refractivity contribution is 5.85. The van der Waals surface area contributed by atoms with Crippen LogP contribution in [0, 0.1) is 17.8 Å². The highest BCUT2D eigenvalue weighted by atomic mass is 16.4. The Hall–Kier alpha value is -1.10. The summed E-state index contributed by atoms with van der Waals surface area (Å²) in [5.74, 6) is -1.61. The van der Waals surface area contributed by atoms with Gasteiger partial charge in [0.05, 0.1) is 17.9 Å². The molecule has 2 aliphatic carbocycles. The molecule has 5 atom stereocenters. The Morgan fingerprint density at radius 2 is 1.85 bits per heavy atom. The SMILES string of the molecule is CCC1CC(C(=O)O)C(C(=O)NC2CCCC(O)C2)C1. The summed E-state index contributed by atoms with van der Waals surface area (Å²) in [6.07, 6.45) is 5.05. The third kappa shape index (κ3) is 3.51. The van der Waals surface area contributed by atoms with Crippen molar-refractivity contribution < 1.29 is 19.8 Å². The van der Waals surface area contributed by atoms with E-state index in [9.17, 15) is 19.8 Å². The standard InChI is InChI=1S/C15H25NO4/c1-2-9-6-12(13(7-9)15(19)20)14(18)16-10-4-3-5-11(17)8-10/h9-13,17H,2-8H2,1H3,(H,16,18)(H,19,20). The Kier molecular flexibility index (Phi) is 5.02. The molecule has 5 unspecified atom stereocenters. The number of rotatable bonds is 4. The summed E-state index contributed by atoms with van der Waals surface area (Å²) in [5.41, 5.74) is 0. The van der Waals surface area contributed by atoms with Crippen LogP contribution >= 0.6 is 0 Å². The van der Waals surface area contributed by atoms with E-state index in [-0.39, 0.29) is 18.1 Å². The molecule has 2 rings (SSSR count). The lowest BCUT2D eigenvalue weighted by Crippen LogP contribution is -2.44. The van der Waals surface area contributed by atoms with Crippen LogP contribution in [0.15, 0.2) is 0 Å². The Bertz CT molecular complexity index is 371. The van der Waals surface area contributed by atoms with Crippen LogP contribution in [0.1, 0.15) is 51.9 Å². The van der Waals surface area contributed by atoms with Crippen molar-refractivity contribution in [1.29, 1.82) is 0 Å². The first-order chi connectivity index (χ1) is 9.51. The van der Waals surface area contributed by atoms with Gasteiger partial charge in [-0.05, 0) is 44.4 Å². The lowest BCUT2D eigenvalue weighted by atomic mass is 9.91. The second kappa shape index (κ2) is 6.57. The van der Waals surface area contributed by atoms with Gasteiger partial charge >= 0.3 is 5.97 Å². The fourth-order valence-electron chi connectivity index (χ4n) is 3.64. The molecule has 0 aromatic heterocycles. The van der Waals surface area contributed by atoms with Crippen molar-refractivity contribution in [2.75, 3.05) is 0 Å². The number of aliphatic hydroxyl groups is 1. The van der Waals surface area contributed by atoms with Gasteiger partial charge < -0.3 is 15.5 Å². The van der Waals surface area contributed by atoms with Crippen molar-refractivity contribution >= 4 is 11.9 Å². The third-order valence-electron chi connectivity index (χ3n) is 4.88. The number of carboxylic acids is 1. The summed E-state index contributed by atoms with van der Waals surface area (Å²) in [4.78, 5) is 23.6. The van der Waals surface area contributed by atoms with E-state index >= 15 is 0 Å². The van der Waals surface area contributed by atoms with Gasteiger partial charge in [-0.2, -0.15) is 0 Å². The fraction of sp³-hybridized carbons (Fsp3) is 0.867. The van der Waals surface area contributed by atoms with Gasteiger partial charge in [0.25, 0.3) is 0 Å². The molecule has 5 nitrogen and oxygen atoms in total. The minimum Gasteiger partial charge on any atom is -0.481 e. The first-order valence-corrected chi connectivity index (χ1v) is 7.72. The van der Waals surface area contributed by atoms with Crippen molar-refractivity contribution in [3.63, 3.8) is 0 Å². The molecule has 2 aliphatic rings. The van der Waals surface area contributed by atoms with E-state index in [4.69, 9.17) is 0 Å². The van der Waals surface area contributed by atoms with Gasteiger partial charge in [0.15, 0.2) is 0 Å². The summed E-state index contributed by atoms with van der Waals surface area (Å²) in [6, 6.07) is 0.00127.